The standard InChI is InChI=1S/C15H17N3O2/c1-18-10-11(9-16-18)15(19)17-13-6-4-8-20-14-7-3-2-5-12(13)14/h2-3,5,7,9-10,13H,4,6,8H2,1H3,(H,17,19). The molecule has 1 aliphatic rings. The number of ether oxygens (including phenoxy) is 1. The highest BCUT2D eigenvalue weighted by molar-refractivity contribution is 5.94. The van der Waals surface area contributed by atoms with Crippen LogP contribution in [0.1, 0.15) is 34.8 Å². The summed E-state index contributed by atoms with van der Waals surface area (Å²) in [7, 11) is 1.80. The van der Waals surface area contributed by atoms with Crippen molar-refractivity contribution in [1.82, 2.24) is 15.1 Å². The molecule has 5 nitrogen and oxygen atoms in total. The van der Waals surface area contributed by atoms with E-state index in [4.69, 9.17) is 4.74 Å². The summed E-state index contributed by atoms with van der Waals surface area (Å²) in [5.74, 6) is 0.765. The monoisotopic (exact) mass is 271 g/mol. The Morgan fingerprint density at radius 1 is 1.45 bits per heavy atom. The van der Waals surface area contributed by atoms with E-state index in [9.17, 15) is 4.79 Å². The van der Waals surface area contributed by atoms with Gasteiger partial charge in [0.15, 0.2) is 0 Å². The molecule has 0 bridgehead atoms. The number of hydrogen-bond acceptors (Lipinski definition) is 3. The lowest BCUT2D eigenvalue weighted by Crippen LogP contribution is -2.28. The molecule has 104 valence electrons. The fraction of sp³-hybridized carbons (Fsp3) is 0.333. The van der Waals surface area contributed by atoms with E-state index in [1.165, 1.54) is 0 Å². The van der Waals surface area contributed by atoms with Crippen molar-refractivity contribution >= 4 is 5.91 Å². The Kier molecular flexibility index (Phi) is 3.41. The van der Waals surface area contributed by atoms with Crippen molar-refractivity contribution in [2.75, 3.05) is 6.61 Å². The Morgan fingerprint density at radius 2 is 2.30 bits per heavy atom. The van der Waals surface area contributed by atoms with Gasteiger partial charge < -0.3 is 10.1 Å². The minimum Gasteiger partial charge on any atom is -0.493 e. The van der Waals surface area contributed by atoms with Crippen molar-refractivity contribution in [3.8, 4) is 5.75 Å². The number of aromatic nitrogens is 2. The highest BCUT2D eigenvalue weighted by Crippen LogP contribution is 2.31. The third-order valence-electron chi connectivity index (χ3n) is 3.46. The van der Waals surface area contributed by atoms with Crippen LogP contribution in [0.3, 0.4) is 0 Å². The van der Waals surface area contributed by atoms with E-state index >= 15 is 0 Å². The zero-order valence-electron chi connectivity index (χ0n) is 11.4. The van der Waals surface area contributed by atoms with Gasteiger partial charge in [0.25, 0.3) is 5.91 Å². The van der Waals surface area contributed by atoms with Gasteiger partial charge in [-0.25, -0.2) is 0 Å². The maximum absolute atomic E-state index is 12.2. The third kappa shape index (κ3) is 2.52. The van der Waals surface area contributed by atoms with Crippen molar-refractivity contribution in [3.05, 3.63) is 47.8 Å². The van der Waals surface area contributed by atoms with E-state index in [0.717, 1.165) is 24.2 Å². The number of fused-ring (bicyclic) bond motifs is 1. The third-order valence-corrected chi connectivity index (χ3v) is 3.46. The van der Waals surface area contributed by atoms with Crippen LogP contribution in [0.2, 0.25) is 0 Å². The first-order chi connectivity index (χ1) is 9.74. The molecule has 2 heterocycles. The molecule has 1 aromatic heterocycles. The summed E-state index contributed by atoms with van der Waals surface area (Å²) >= 11 is 0. The van der Waals surface area contributed by atoms with Crippen LogP contribution in [-0.2, 0) is 7.05 Å². The maximum atomic E-state index is 12.2. The number of aryl methyl sites for hydroxylation is 1. The van der Waals surface area contributed by atoms with Gasteiger partial charge >= 0.3 is 0 Å². The number of amides is 1. The SMILES string of the molecule is Cn1cc(C(=O)NC2CCCOc3ccccc32)cn1. The summed E-state index contributed by atoms with van der Waals surface area (Å²) in [4.78, 5) is 12.2. The van der Waals surface area contributed by atoms with Gasteiger partial charge in [0.05, 0.1) is 24.4 Å². The highest BCUT2D eigenvalue weighted by atomic mass is 16.5. The molecule has 1 atom stereocenters. The van der Waals surface area contributed by atoms with Gasteiger partial charge in [-0.1, -0.05) is 18.2 Å². The molecular formula is C15H17N3O2. The minimum atomic E-state index is -0.0974. The van der Waals surface area contributed by atoms with Gasteiger partial charge in [0.2, 0.25) is 0 Å². The summed E-state index contributed by atoms with van der Waals surface area (Å²) in [6, 6.07) is 7.86. The lowest BCUT2D eigenvalue weighted by atomic mass is 10.0. The molecule has 0 saturated heterocycles. The Morgan fingerprint density at radius 3 is 3.10 bits per heavy atom. The van der Waals surface area contributed by atoms with E-state index in [-0.39, 0.29) is 11.9 Å². The highest BCUT2D eigenvalue weighted by Gasteiger charge is 2.22. The number of benzene rings is 1. The smallest absolute Gasteiger partial charge is 0.254 e. The zero-order valence-corrected chi connectivity index (χ0v) is 11.4. The molecule has 20 heavy (non-hydrogen) atoms. The summed E-state index contributed by atoms with van der Waals surface area (Å²) in [5.41, 5.74) is 1.62. The summed E-state index contributed by atoms with van der Waals surface area (Å²) < 4.78 is 7.33. The first-order valence-corrected chi connectivity index (χ1v) is 6.75. The summed E-state index contributed by atoms with van der Waals surface area (Å²) in [6.45, 7) is 0.691. The molecule has 0 fully saturated rings. The van der Waals surface area contributed by atoms with E-state index in [1.807, 2.05) is 24.3 Å². The van der Waals surface area contributed by atoms with Crippen LogP contribution < -0.4 is 10.1 Å². The number of hydrogen-bond donors (Lipinski definition) is 1. The molecule has 1 amide bonds. The predicted molar refractivity (Wildman–Crippen MR) is 74.6 cm³/mol. The molecular weight excluding hydrogens is 254 g/mol. The van der Waals surface area contributed by atoms with Gasteiger partial charge in [-0.15, -0.1) is 0 Å². The number of para-hydroxylation sites is 1. The van der Waals surface area contributed by atoms with Crippen LogP contribution in [0.15, 0.2) is 36.7 Å². The van der Waals surface area contributed by atoms with Crippen molar-refractivity contribution in [2.45, 2.75) is 18.9 Å². The molecule has 2 aromatic rings. The average molecular weight is 271 g/mol. The minimum absolute atomic E-state index is 0.0126. The fourth-order valence-electron chi connectivity index (χ4n) is 2.45. The van der Waals surface area contributed by atoms with E-state index in [0.29, 0.717) is 12.2 Å². The Hall–Kier alpha value is -2.30. The Balaban J connectivity index is 1.82. The van der Waals surface area contributed by atoms with Crippen LogP contribution in [-0.4, -0.2) is 22.3 Å². The Bertz CT molecular complexity index is 621. The van der Waals surface area contributed by atoms with Crippen LogP contribution in [0.4, 0.5) is 0 Å². The number of rotatable bonds is 2. The quantitative estimate of drug-likeness (QED) is 0.909. The largest absolute Gasteiger partial charge is 0.493 e. The van der Waals surface area contributed by atoms with Gasteiger partial charge in [0, 0.05) is 18.8 Å². The van der Waals surface area contributed by atoms with Crippen LogP contribution in [0.25, 0.3) is 0 Å². The zero-order chi connectivity index (χ0) is 13.9. The molecule has 3 rings (SSSR count). The van der Waals surface area contributed by atoms with Crippen LogP contribution >= 0.6 is 0 Å². The molecule has 0 saturated carbocycles. The van der Waals surface area contributed by atoms with E-state index in [1.54, 1.807) is 24.1 Å². The van der Waals surface area contributed by atoms with Crippen LogP contribution in [0, 0.1) is 0 Å². The molecule has 5 heteroatoms. The molecule has 0 aliphatic carbocycles. The molecule has 0 radical (unpaired) electrons. The number of nitrogens with zero attached hydrogens (tertiary/aromatic N) is 2. The second-order valence-corrected chi connectivity index (χ2v) is 4.96. The van der Waals surface area contributed by atoms with Crippen LogP contribution in [0.5, 0.6) is 5.75 Å². The molecule has 1 aliphatic heterocycles. The van der Waals surface area contributed by atoms with Gasteiger partial charge in [-0.3, -0.25) is 9.48 Å². The van der Waals surface area contributed by atoms with Crippen molar-refractivity contribution in [1.29, 1.82) is 0 Å². The number of carbonyl (C=O) groups is 1. The van der Waals surface area contributed by atoms with Crippen molar-refractivity contribution < 1.29 is 9.53 Å². The second-order valence-electron chi connectivity index (χ2n) is 4.96. The summed E-state index contributed by atoms with van der Waals surface area (Å²) in [6.07, 6.45) is 5.10. The normalized spacial score (nSPS) is 17.8. The first kappa shape index (κ1) is 12.7. The topological polar surface area (TPSA) is 56.2 Å². The van der Waals surface area contributed by atoms with E-state index in [2.05, 4.69) is 10.4 Å². The summed E-state index contributed by atoms with van der Waals surface area (Å²) in [5, 5.41) is 7.10. The lowest BCUT2D eigenvalue weighted by Gasteiger charge is -2.17. The molecule has 1 unspecified atom stereocenters. The number of carbonyl (C=O) groups excluding carboxylic acids is 1. The maximum Gasteiger partial charge on any atom is 0.254 e. The van der Waals surface area contributed by atoms with E-state index < -0.39 is 0 Å². The van der Waals surface area contributed by atoms with Crippen molar-refractivity contribution in [3.63, 3.8) is 0 Å². The first-order valence-electron chi connectivity index (χ1n) is 6.75. The Labute approximate surface area is 117 Å². The molecule has 1 aromatic carbocycles. The number of nitrogens with one attached hydrogen (secondary N) is 1. The van der Waals surface area contributed by atoms with Gasteiger partial charge in [0.1, 0.15) is 5.75 Å². The molecule has 0 spiro atoms. The fourth-order valence-corrected chi connectivity index (χ4v) is 2.45. The second kappa shape index (κ2) is 5.36. The van der Waals surface area contributed by atoms with Crippen molar-refractivity contribution in [2.24, 2.45) is 7.05 Å². The average Bonchev–Trinajstić information content (AvgIpc) is 2.79. The predicted octanol–water partition coefficient (Wildman–Crippen LogP) is 2.06. The van der Waals surface area contributed by atoms with Gasteiger partial charge in [-0.2, -0.15) is 5.10 Å². The van der Waals surface area contributed by atoms with Gasteiger partial charge in [-0.05, 0) is 18.9 Å². The lowest BCUT2D eigenvalue weighted by molar-refractivity contribution is 0.0934. The molecule has 1 N–H and O–H groups in total.